The number of hydrogen-bond acceptors (Lipinski definition) is 3. The summed E-state index contributed by atoms with van der Waals surface area (Å²) in [7, 11) is 0. The number of aromatic nitrogens is 1. The minimum Gasteiger partial charge on any atom is -0.306 e. The highest BCUT2D eigenvalue weighted by Gasteiger charge is 2.10. The van der Waals surface area contributed by atoms with Gasteiger partial charge in [0.05, 0.1) is 10.2 Å². The zero-order valence-corrected chi connectivity index (χ0v) is 11.7. The number of thiazole rings is 1. The van der Waals surface area contributed by atoms with Gasteiger partial charge in [0, 0.05) is 24.7 Å². The van der Waals surface area contributed by atoms with Gasteiger partial charge in [-0.25, -0.2) is 18.2 Å². The van der Waals surface area contributed by atoms with E-state index in [4.69, 9.17) is 0 Å². The Labute approximate surface area is 123 Å². The first-order valence-electron chi connectivity index (χ1n) is 6.32. The highest BCUT2D eigenvalue weighted by atomic mass is 32.1. The van der Waals surface area contributed by atoms with Crippen molar-refractivity contribution in [2.45, 2.75) is 13.1 Å². The first-order chi connectivity index (χ1) is 10.1. The van der Waals surface area contributed by atoms with Crippen molar-refractivity contribution >= 4 is 21.6 Å². The normalized spacial score (nSPS) is 11.2. The van der Waals surface area contributed by atoms with Gasteiger partial charge in [0.2, 0.25) is 0 Å². The van der Waals surface area contributed by atoms with Gasteiger partial charge in [0.15, 0.2) is 11.6 Å². The largest absolute Gasteiger partial charge is 0.306 e. The molecule has 0 saturated heterocycles. The minimum atomic E-state index is -1.18. The van der Waals surface area contributed by atoms with Crippen molar-refractivity contribution in [3.63, 3.8) is 0 Å². The Hall–Kier alpha value is -1.92. The summed E-state index contributed by atoms with van der Waals surface area (Å²) in [4.78, 5) is 4.43. The number of para-hydroxylation sites is 1. The summed E-state index contributed by atoms with van der Waals surface area (Å²) in [5.74, 6) is -2.98. The first-order valence-corrected chi connectivity index (χ1v) is 7.14. The fourth-order valence-corrected chi connectivity index (χ4v) is 2.94. The molecule has 0 saturated carbocycles. The van der Waals surface area contributed by atoms with E-state index < -0.39 is 17.5 Å². The lowest BCUT2D eigenvalue weighted by atomic mass is 10.2. The van der Waals surface area contributed by atoms with Gasteiger partial charge in [0.1, 0.15) is 10.8 Å². The van der Waals surface area contributed by atoms with Crippen molar-refractivity contribution in [3.8, 4) is 0 Å². The Kier molecular flexibility index (Phi) is 3.90. The number of nitrogens with zero attached hydrogens (tertiary/aromatic N) is 1. The van der Waals surface area contributed by atoms with Crippen molar-refractivity contribution in [3.05, 3.63) is 64.4 Å². The number of benzene rings is 2. The van der Waals surface area contributed by atoms with E-state index >= 15 is 0 Å². The van der Waals surface area contributed by atoms with E-state index in [2.05, 4.69) is 10.3 Å². The molecule has 0 amide bonds. The van der Waals surface area contributed by atoms with Crippen molar-refractivity contribution in [1.29, 1.82) is 0 Å². The Balaban J connectivity index is 1.67. The zero-order valence-electron chi connectivity index (χ0n) is 10.9. The fraction of sp³-hybridized carbons (Fsp3) is 0.133. The van der Waals surface area contributed by atoms with Gasteiger partial charge >= 0.3 is 0 Å². The Morgan fingerprint density at radius 1 is 0.952 bits per heavy atom. The average molecular weight is 308 g/mol. The lowest BCUT2D eigenvalue weighted by Gasteiger charge is -2.05. The fourth-order valence-electron chi connectivity index (χ4n) is 2.00. The number of hydrogen-bond donors (Lipinski definition) is 1. The minimum absolute atomic E-state index is 0.0926. The van der Waals surface area contributed by atoms with Crippen LogP contribution in [0.15, 0.2) is 36.4 Å². The van der Waals surface area contributed by atoms with Gasteiger partial charge in [-0.15, -0.1) is 11.3 Å². The zero-order chi connectivity index (χ0) is 14.8. The van der Waals surface area contributed by atoms with Crippen LogP contribution >= 0.6 is 11.3 Å². The highest BCUT2D eigenvalue weighted by molar-refractivity contribution is 7.18. The molecule has 0 fully saturated rings. The topological polar surface area (TPSA) is 24.9 Å². The van der Waals surface area contributed by atoms with Crippen molar-refractivity contribution in [2.24, 2.45) is 0 Å². The van der Waals surface area contributed by atoms with Gasteiger partial charge in [-0.05, 0) is 18.2 Å². The quantitative estimate of drug-likeness (QED) is 0.737. The molecule has 3 aromatic rings. The maximum atomic E-state index is 13.5. The van der Waals surface area contributed by atoms with Crippen molar-refractivity contribution in [1.82, 2.24) is 10.3 Å². The molecule has 2 nitrogen and oxygen atoms in total. The third-order valence-electron chi connectivity index (χ3n) is 3.02. The Bertz CT molecular complexity index is 753. The molecule has 2 aromatic carbocycles. The molecule has 0 atom stereocenters. The molecule has 0 aliphatic rings. The maximum absolute atomic E-state index is 13.5. The van der Waals surface area contributed by atoms with E-state index in [1.54, 1.807) is 11.3 Å². The molecule has 0 unspecified atom stereocenters. The van der Waals surface area contributed by atoms with E-state index in [0.29, 0.717) is 12.6 Å². The van der Waals surface area contributed by atoms with Crippen LogP contribution in [0.5, 0.6) is 0 Å². The van der Waals surface area contributed by atoms with E-state index in [1.807, 2.05) is 24.3 Å². The molecule has 108 valence electrons. The van der Waals surface area contributed by atoms with Gasteiger partial charge in [-0.2, -0.15) is 0 Å². The molecular formula is C15H11F3N2S. The van der Waals surface area contributed by atoms with Crippen LogP contribution in [-0.4, -0.2) is 4.98 Å². The molecule has 3 rings (SSSR count). The summed E-state index contributed by atoms with van der Waals surface area (Å²) in [5, 5.41) is 3.85. The predicted octanol–water partition coefficient (Wildman–Crippen LogP) is 4.00. The molecule has 1 aromatic heterocycles. The van der Waals surface area contributed by atoms with E-state index in [9.17, 15) is 13.2 Å². The molecular weight excluding hydrogens is 297 g/mol. The Morgan fingerprint density at radius 2 is 1.71 bits per heavy atom. The molecule has 0 bridgehead atoms. The molecule has 1 heterocycles. The van der Waals surface area contributed by atoms with Gasteiger partial charge in [-0.1, -0.05) is 12.1 Å². The Morgan fingerprint density at radius 3 is 2.52 bits per heavy atom. The summed E-state index contributed by atoms with van der Waals surface area (Å²) in [5.41, 5.74) is 1.01. The summed E-state index contributed by atoms with van der Waals surface area (Å²) >= 11 is 1.54. The predicted molar refractivity (Wildman–Crippen MR) is 76.5 cm³/mol. The summed E-state index contributed by atoms with van der Waals surface area (Å²) in [6, 6.07) is 9.18. The van der Waals surface area contributed by atoms with Crippen LogP contribution in [0.1, 0.15) is 10.6 Å². The monoisotopic (exact) mass is 308 g/mol. The average Bonchev–Trinajstić information content (AvgIpc) is 2.87. The highest BCUT2D eigenvalue weighted by Crippen LogP contribution is 2.21. The van der Waals surface area contributed by atoms with Crippen LogP contribution < -0.4 is 5.32 Å². The molecule has 6 heteroatoms. The van der Waals surface area contributed by atoms with E-state index in [1.165, 1.54) is 0 Å². The van der Waals surface area contributed by atoms with Crippen molar-refractivity contribution < 1.29 is 13.2 Å². The SMILES string of the molecule is Fc1cc(F)c(CNCc2nc3ccccc3s2)cc1F. The van der Waals surface area contributed by atoms with Crippen LogP contribution in [0, 0.1) is 17.5 Å². The van der Waals surface area contributed by atoms with Gasteiger partial charge < -0.3 is 5.32 Å². The van der Waals surface area contributed by atoms with Crippen LogP contribution in [0.25, 0.3) is 10.2 Å². The molecule has 21 heavy (non-hydrogen) atoms. The number of nitrogens with one attached hydrogen (secondary N) is 1. The molecule has 0 radical (unpaired) electrons. The molecule has 1 N–H and O–H groups in total. The number of halogens is 3. The van der Waals surface area contributed by atoms with Crippen LogP contribution in [0.4, 0.5) is 13.2 Å². The number of rotatable bonds is 4. The molecule has 0 aliphatic heterocycles. The summed E-state index contributed by atoms with van der Waals surface area (Å²) < 4.78 is 40.4. The van der Waals surface area contributed by atoms with Gasteiger partial charge in [-0.3, -0.25) is 0 Å². The third-order valence-corrected chi connectivity index (χ3v) is 4.06. The van der Waals surface area contributed by atoms with Crippen molar-refractivity contribution in [2.75, 3.05) is 0 Å². The molecule has 0 aliphatic carbocycles. The smallest absolute Gasteiger partial charge is 0.161 e. The summed E-state index contributed by atoms with van der Waals surface area (Å²) in [6.45, 7) is 0.552. The standard InChI is InChI=1S/C15H11F3N2S/c16-10-6-12(18)11(17)5-9(10)7-19-8-15-20-13-3-1-2-4-14(13)21-15/h1-6,19H,7-8H2. The summed E-state index contributed by atoms with van der Waals surface area (Å²) in [6.07, 6.45) is 0. The molecule has 0 spiro atoms. The lowest BCUT2D eigenvalue weighted by molar-refractivity contribution is 0.486. The number of fused-ring (bicyclic) bond motifs is 1. The lowest BCUT2D eigenvalue weighted by Crippen LogP contribution is -2.14. The van der Waals surface area contributed by atoms with E-state index in [0.717, 1.165) is 21.3 Å². The van der Waals surface area contributed by atoms with Crippen LogP contribution in [0.2, 0.25) is 0 Å². The second-order valence-corrected chi connectivity index (χ2v) is 5.65. The second kappa shape index (κ2) is 5.83. The van der Waals surface area contributed by atoms with Gasteiger partial charge in [0.25, 0.3) is 0 Å². The first kappa shape index (κ1) is 14.0. The second-order valence-electron chi connectivity index (χ2n) is 4.54. The van der Waals surface area contributed by atoms with E-state index in [-0.39, 0.29) is 12.1 Å². The van der Waals surface area contributed by atoms with Crippen LogP contribution in [0.3, 0.4) is 0 Å². The third kappa shape index (κ3) is 3.06. The van der Waals surface area contributed by atoms with Crippen LogP contribution in [-0.2, 0) is 13.1 Å². The maximum Gasteiger partial charge on any atom is 0.161 e.